The maximum Gasteiger partial charge on any atom is 0.166 e. The third-order valence-electron chi connectivity index (χ3n) is 3.70. The number of aryl methyl sites for hydroxylation is 1. The minimum atomic E-state index is 0.177. The van der Waals surface area contributed by atoms with Crippen molar-refractivity contribution >= 4 is 34.6 Å². The van der Waals surface area contributed by atoms with Crippen LogP contribution < -0.4 is 10.2 Å². The molecular weight excluding hydrogens is 357 g/mol. The molecule has 6 heteroatoms. The Morgan fingerprint density at radius 3 is 2.48 bits per heavy atom. The number of ether oxygens (including phenoxy) is 1. The summed E-state index contributed by atoms with van der Waals surface area (Å²) in [6.45, 7) is 2.21. The molecule has 1 aliphatic rings. The number of nitriles is 1. The molecule has 0 spiro atoms. The van der Waals surface area contributed by atoms with Gasteiger partial charge in [-0.2, -0.15) is 5.26 Å². The van der Waals surface area contributed by atoms with Gasteiger partial charge in [0, 0.05) is 11.9 Å². The molecule has 0 unspecified atom stereocenters. The molecule has 126 valence electrons. The maximum absolute atomic E-state index is 9.53. The quantitative estimate of drug-likeness (QED) is 0.775. The number of para-hydroxylation sites is 1. The first-order valence-corrected chi connectivity index (χ1v) is 8.34. The van der Waals surface area contributed by atoms with E-state index in [1.54, 1.807) is 35.4 Å². The molecule has 0 saturated heterocycles. The normalized spacial score (nSPS) is 13.9. The van der Waals surface area contributed by atoms with Crippen LogP contribution in [0.25, 0.3) is 0 Å². The summed E-state index contributed by atoms with van der Waals surface area (Å²) in [6.07, 6.45) is 3.44. The van der Waals surface area contributed by atoms with Crippen molar-refractivity contribution in [2.75, 3.05) is 16.9 Å². The van der Waals surface area contributed by atoms with Crippen molar-refractivity contribution in [1.82, 2.24) is 0 Å². The van der Waals surface area contributed by atoms with Gasteiger partial charge >= 0.3 is 0 Å². The fraction of sp³-hybridized carbons (Fsp3) is 0.105. The highest BCUT2D eigenvalue weighted by Crippen LogP contribution is 2.38. The molecule has 0 aromatic heterocycles. The Morgan fingerprint density at radius 1 is 1.16 bits per heavy atom. The fourth-order valence-electron chi connectivity index (χ4n) is 2.43. The summed E-state index contributed by atoms with van der Waals surface area (Å²) in [4.78, 5) is 1.66. The minimum absolute atomic E-state index is 0.177. The Labute approximate surface area is 156 Å². The van der Waals surface area contributed by atoms with Gasteiger partial charge in [0.2, 0.25) is 0 Å². The van der Waals surface area contributed by atoms with Crippen LogP contribution in [0.2, 0.25) is 10.0 Å². The van der Waals surface area contributed by atoms with Crippen LogP contribution >= 0.6 is 23.2 Å². The molecular formula is C19H15Cl2N3O. The number of hydrogen-bond acceptors (Lipinski definition) is 4. The first-order chi connectivity index (χ1) is 12.1. The highest BCUT2D eigenvalue weighted by atomic mass is 35.5. The Hall–Kier alpha value is -2.61. The highest BCUT2D eigenvalue weighted by Gasteiger charge is 2.27. The van der Waals surface area contributed by atoms with Crippen molar-refractivity contribution in [1.29, 1.82) is 5.26 Å². The third-order valence-corrected chi connectivity index (χ3v) is 4.31. The number of hydrogen-bond donors (Lipinski definition) is 1. The molecule has 0 amide bonds. The van der Waals surface area contributed by atoms with E-state index in [4.69, 9.17) is 27.9 Å². The molecule has 0 atom stereocenters. The van der Waals surface area contributed by atoms with Crippen LogP contribution in [-0.4, -0.2) is 6.73 Å². The summed E-state index contributed by atoms with van der Waals surface area (Å²) < 4.78 is 5.63. The van der Waals surface area contributed by atoms with E-state index in [0.29, 0.717) is 27.2 Å². The Morgan fingerprint density at radius 2 is 1.84 bits per heavy atom. The third kappa shape index (κ3) is 3.74. The molecule has 1 heterocycles. The van der Waals surface area contributed by atoms with Crippen molar-refractivity contribution in [3.05, 3.63) is 81.8 Å². The number of nitrogens with zero attached hydrogens (tertiary/aromatic N) is 2. The van der Waals surface area contributed by atoms with Gasteiger partial charge in [-0.3, -0.25) is 4.90 Å². The summed E-state index contributed by atoms with van der Waals surface area (Å²) in [5, 5.41) is 13.6. The lowest BCUT2D eigenvalue weighted by Gasteiger charge is -2.18. The van der Waals surface area contributed by atoms with Gasteiger partial charge in [0.05, 0.1) is 15.7 Å². The number of nitrogens with one attached hydrogen (secondary N) is 1. The molecule has 0 radical (unpaired) electrons. The second-order valence-corrected chi connectivity index (χ2v) is 6.25. The first kappa shape index (κ1) is 17.2. The molecule has 0 saturated carbocycles. The zero-order valence-corrected chi connectivity index (χ0v) is 15.0. The van der Waals surface area contributed by atoms with Crippen LogP contribution in [0, 0.1) is 18.3 Å². The fourth-order valence-corrected chi connectivity index (χ4v) is 3.03. The van der Waals surface area contributed by atoms with Crippen molar-refractivity contribution < 1.29 is 4.74 Å². The average molecular weight is 372 g/mol. The van der Waals surface area contributed by atoms with E-state index in [1.165, 1.54) is 5.56 Å². The molecule has 2 aromatic carbocycles. The van der Waals surface area contributed by atoms with Crippen LogP contribution in [0.1, 0.15) is 5.56 Å². The number of halogens is 2. The molecule has 25 heavy (non-hydrogen) atoms. The summed E-state index contributed by atoms with van der Waals surface area (Å²) in [7, 11) is 0. The number of benzene rings is 2. The molecule has 1 aliphatic heterocycles. The molecule has 4 nitrogen and oxygen atoms in total. The maximum atomic E-state index is 9.53. The SMILES string of the molecule is Cc1ccc(NC=CC2=C(C#N)N(c3c(Cl)cccc3Cl)CO2)cc1. The van der Waals surface area contributed by atoms with Crippen molar-refractivity contribution in [3.63, 3.8) is 0 Å². The lowest BCUT2D eigenvalue weighted by Crippen LogP contribution is -2.19. The van der Waals surface area contributed by atoms with Gasteiger partial charge in [-0.1, -0.05) is 47.0 Å². The molecule has 2 aromatic rings. The predicted octanol–water partition coefficient (Wildman–Crippen LogP) is 5.46. The topological polar surface area (TPSA) is 48.3 Å². The molecule has 1 N–H and O–H groups in total. The van der Waals surface area contributed by atoms with Gasteiger partial charge < -0.3 is 10.1 Å². The summed E-state index contributed by atoms with van der Waals surface area (Å²) >= 11 is 12.5. The molecule has 0 aliphatic carbocycles. The lowest BCUT2D eigenvalue weighted by atomic mass is 10.2. The number of allylic oxidation sites excluding steroid dienone is 2. The Balaban J connectivity index is 1.82. The largest absolute Gasteiger partial charge is 0.470 e. The molecule has 0 bridgehead atoms. The van der Waals surface area contributed by atoms with E-state index < -0.39 is 0 Å². The minimum Gasteiger partial charge on any atom is -0.470 e. The van der Waals surface area contributed by atoms with Gasteiger partial charge in [-0.25, -0.2) is 0 Å². The zero-order valence-electron chi connectivity index (χ0n) is 13.5. The molecule has 3 rings (SSSR count). The summed E-state index contributed by atoms with van der Waals surface area (Å²) in [5.74, 6) is 0.457. The van der Waals surface area contributed by atoms with E-state index in [2.05, 4.69) is 11.4 Å². The summed E-state index contributed by atoms with van der Waals surface area (Å²) in [6, 6.07) is 15.4. The Kier molecular flexibility index (Phi) is 5.18. The van der Waals surface area contributed by atoms with Crippen LogP contribution in [0.5, 0.6) is 0 Å². The van der Waals surface area contributed by atoms with E-state index in [9.17, 15) is 5.26 Å². The van der Waals surface area contributed by atoms with Crippen LogP contribution in [0.3, 0.4) is 0 Å². The van der Waals surface area contributed by atoms with E-state index >= 15 is 0 Å². The molecule has 0 fully saturated rings. The monoisotopic (exact) mass is 371 g/mol. The second-order valence-electron chi connectivity index (χ2n) is 5.44. The van der Waals surface area contributed by atoms with Gasteiger partial charge in [0.25, 0.3) is 0 Å². The van der Waals surface area contributed by atoms with Gasteiger partial charge in [0.1, 0.15) is 6.07 Å². The van der Waals surface area contributed by atoms with Gasteiger partial charge in [-0.05, 0) is 37.3 Å². The van der Waals surface area contributed by atoms with Gasteiger partial charge in [0.15, 0.2) is 18.2 Å². The second kappa shape index (κ2) is 7.52. The Bertz CT molecular complexity index is 862. The average Bonchev–Trinajstić information content (AvgIpc) is 2.99. The first-order valence-electron chi connectivity index (χ1n) is 7.58. The zero-order chi connectivity index (χ0) is 17.8. The summed E-state index contributed by atoms with van der Waals surface area (Å²) in [5.41, 5.74) is 3.06. The smallest absolute Gasteiger partial charge is 0.166 e. The van der Waals surface area contributed by atoms with Crippen molar-refractivity contribution in [2.45, 2.75) is 6.92 Å². The van der Waals surface area contributed by atoms with E-state index in [-0.39, 0.29) is 6.73 Å². The van der Waals surface area contributed by atoms with Gasteiger partial charge in [-0.15, -0.1) is 0 Å². The highest BCUT2D eigenvalue weighted by molar-refractivity contribution is 6.39. The van der Waals surface area contributed by atoms with Crippen LogP contribution in [0.4, 0.5) is 11.4 Å². The lowest BCUT2D eigenvalue weighted by molar-refractivity contribution is 0.257. The standard InChI is InChI=1S/C19H15Cl2N3O/c1-13-5-7-14(8-6-13)23-10-9-18-17(11-22)24(12-25-18)19-15(20)3-2-4-16(19)21/h2-10,23H,12H2,1H3. The van der Waals surface area contributed by atoms with Crippen molar-refractivity contribution in [3.8, 4) is 6.07 Å². The number of anilines is 2. The predicted molar refractivity (Wildman–Crippen MR) is 101 cm³/mol. The van der Waals surface area contributed by atoms with Crippen LogP contribution in [-0.2, 0) is 4.74 Å². The number of rotatable bonds is 4. The van der Waals surface area contributed by atoms with Crippen LogP contribution in [0.15, 0.2) is 66.2 Å². The van der Waals surface area contributed by atoms with E-state index in [0.717, 1.165) is 5.69 Å². The van der Waals surface area contributed by atoms with E-state index in [1.807, 2.05) is 31.2 Å². The van der Waals surface area contributed by atoms with Crippen molar-refractivity contribution in [2.24, 2.45) is 0 Å².